The van der Waals surface area contributed by atoms with E-state index < -0.39 is 24.4 Å². The number of esters is 1. The summed E-state index contributed by atoms with van der Waals surface area (Å²) < 4.78 is 4.96. The highest BCUT2D eigenvalue weighted by Gasteiger charge is 2.36. The molecule has 24 heavy (non-hydrogen) atoms. The molecule has 2 rings (SSSR count). The average molecular weight is 329 g/mol. The van der Waals surface area contributed by atoms with Crippen molar-refractivity contribution in [3.05, 3.63) is 29.8 Å². The van der Waals surface area contributed by atoms with E-state index in [0.717, 1.165) is 11.3 Å². The van der Waals surface area contributed by atoms with Crippen LogP contribution < -0.4 is 10.2 Å². The van der Waals surface area contributed by atoms with Crippen molar-refractivity contribution in [1.82, 2.24) is 5.32 Å². The van der Waals surface area contributed by atoms with Gasteiger partial charge in [0.05, 0.1) is 18.4 Å². The Labute approximate surface area is 140 Å². The Hall–Kier alpha value is -2.88. The Kier molecular flexibility index (Phi) is 5.90. The van der Waals surface area contributed by atoms with Crippen molar-refractivity contribution in [1.29, 1.82) is 5.26 Å². The molecule has 2 amide bonds. The average Bonchev–Trinajstić information content (AvgIpc) is 2.95. The first kappa shape index (κ1) is 17.5. The molecule has 1 aromatic rings. The zero-order chi connectivity index (χ0) is 17.5. The first-order valence-electron chi connectivity index (χ1n) is 7.68. The highest BCUT2D eigenvalue weighted by Crippen LogP contribution is 2.26. The fraction of sp³-hybridized carbons (Fsp3) is 0.412. The lowest BCUT2D eigenvalue weighted by molar-refractivity contribution is -0.152. The number of rotatable bonds is 6. The molecule has 1 fully saturated rings. The highest BCUT2D eigenvalue weighted by atomic mass is 16.5. The molecule has 1 aliphatic heterocycles. The largest absolute Gasteiger partial charge is 0.455 e. The number of amides is 2. The van der Waals surface area contributed by atoms with Crippen LogP contribution in [-0.4, -0.2) is 37.5 Å². The van der Waals surface area contributed by atoms with Crippen molar-refractivity contribution in [2.24, 2.45) is 5.92 Å². The summed E-state index contributed by atoms with van der Waals surface area (Å²) in [6, 6.07) is 9.37. The van der Waals surface area contributed by atoms with E-state index in [0.29, 0.717) is 0 Å². The van der Waals surface area contributed by atoms with Crippen LogP contribution in [0.2, 0.25) is 0 Å². The molecular formula is C17H19N3O4. The van der Waals surface area contributed by atoms with Crippen LogP contribution in [0.5, 0.6) is 0 Å². The number of benzene rings is 1. The van der Waals surface area contributed by atoms with E-state index in [9.17, 15) is 14.4 Å². The fourth-order valence-electron chi connectivity index (χ4n) is 2.40. The summed E-state index contributed by atoms with van der Waals surface area (Å²) in [5.74, 6) is -1.74. The van der Waals surface area contributed by atoms with Gasteiger partial charge in [0, 0.05) is 25.2 Å². The number of carbonyl (C=O) groups excluding carboxylic acids is 3. The molecule has 126 valence electrons. The van der Waals surface area contributed by atoms with Crippen LogP contribution in [-0.2, 0) is 19.1 Å². The zero-order valence-corrected chi connectivity index (χ0v) is 13.4. The third kappa shape index (κ3) is 4.56. The molecule has 0 aromatic heterocycles. The molecule has 1 saturated heterocycles. The van der Waals surface area contributed by atoms with E-state index in [1.54, 1.807) is 4.90 Å². The predicted octanol–water partition coefficient (Wildman–Crippen LogP) is 0.921. The Bertz CT molecular complexity index is 663. The van der Waals surface area contributed by atoms with Crippen molar-refractivity contribution < 1.29 is 19.1 Å². The minimum Gasteiger partial charge on any atom is -0.455 e. The van der Waals surface area contributed by atoms with Crippen molar-refractivity contribution in [2.75, 3.05) is 24.6 Å². The lowest BCUT2D eigenvalue weighted by atomic mass is 10.1. The lowest BCUT2D eigenvalue weighted by Gasteiger charge is -2.16. The Morgan fingerprint density at radius 1 is 1.38 bits per heavy atom. The topological polar surface area (TPSA) is 99.5 Å². The van der Waals surface area contributed by atoms with Crippen LogP contribution in [0.15, 0.2) is 24.3 Å². The van der Waals surface area contributed by atoms with Crippen LogP contribution in [0.1, 0.15) is 18.4 Å². The Balaban J connectivity index is 1.84. The molecule has 1 atom stereocenters. The normalized spacial score (nSPS) is 16.6. The maximum Gasteiger partial charge on any atom is 0.311 e. The molecule has 1 aromatic carbocycles. The van der Waals surface area contributed by atoms with Gasteiger partial charge in [-0.2, -0.15) is 5.26 Å². The smallest absolute Gasteiger partial charge is 0.311 e. The first-order valence-corrected chi connectivity index (χ1v) is 7.68. The molecule has 7 heteroatoms. The van der Waals surface area contributed by atoms with Gasteiger partial charge in [0.15, 0.2) is 6.61 Å². The predicted molar refractivity (Wildman–Crippen MR) is 85.8 cm³/mol. The minimum atomic E-state index is -0.578. The van der Waals surface area contributed by atoms with Crippen molar-refractivity contribution in [2.45, 2.75) is 19.8 Å². The summed E-state index contributed by atoms with van der Waals surface area (Å²) in [6.45, 7) is 2.02. The fourth-order valence-corrected chi connectivity index (χ4v) is 2.40. The standard InChI is InChI=1S/C17H19N3O4/c1-12-3-5-14(6-4-12)20-10-13(9-16(20)22)17(23)24-11-15(21)19-8-2-7-18/h3-6,13H,2,8-11H2,1H3,(H,19,21)/t13-/m0/s1. The Morgan fingerprint density at radius 3 is 2.75 bits per heavy atom. The van der Waals surface area contributed by atoms with Gasteiger partial charge in [-0.3, -0.25) is 14.4 Å². The maximum atomic E-state index is 12.1. The molecule has 0 saturated carbocycles. The van der Waals surface area contributed by atoms with E-state index in [1.807, 2.05) is 37.3 Å². The van der Waals surface area contributed by atoms with Crippen LogP contribution in [0.4, 0.5) is 5.69 Å². The molecule has 0 bridgehead atoms. The Morgan fingerprint density at radius 2 is 2.08 bits per heavy atom. The molecule has 0 aliphatic carbocycles. The van der Waals surface area contributed by atoms with Gasteiger partial charge in [0.2, 0.25) is 5.91 Å². The van der Waals surface area contributed by atoms with Crippen LogP contribution in [0.3, 0.4) is 0 Å². The summed E-state index contributed by atoms with van der Waals surface area (Å²) in [6.07, 6.45) is 0.269. The number of carbonyl (C=O) groups is 3. The zero-order valence-electron chi connectivity index (χ0n) is 13.4. The molecule has 0 radical (unpaired) electrons. The number of hydrogen-bond donors (Lipinski definition) is 1. The molecule has 1 aliphatic rings. The summed E-state index contributed by atoms with van der Waals surface area (Å²) in [5.41, 5.74) is 1.83. The molecule has 0 unspecified atom stereocenters. The monoisotopic (exact) mass is 329 g/mol. The van der Waals surface area contributed by atoms with Crippen molar-refractivity contribution in [3.63, 3.8) is 0 Å². The van der Waals surface area contributed by atoms with Crippen molar-refractivity contribution >= 4 is 23.5 Å². The second kappa shape index (κ2) is 8.11. The van der Waals surface area contributed by atoms with E-state index in [4.69, 9.17) is 10.00 Å². The van der Waals surface area contributed by atoms with E-state index in [1.165, 1.54) is 0 Å². The quantitative estimate of drug-likeness (QED) is 0.618. The van der Waals surface area contributed by atoms with Gasteiger partial charge < -0.3 is 15.0 Å². The third-order valence-corrected chi connectivity index (χ3v) is 3.71. The summed E-state index contributed by atoms with van der Waals surface area (Å²) in [4.78, 5) is 37.1. The van der Waals surface area contributed by atoms with E-state index in [2.05, 4.69) is 5.32 Å². The minimum absolute atomic E-state index is 0.0722. The molecule has 1 heterocycles. The van der Waals surface area contributed by atoms with Gasteiger partial charge in [-0.05, 0) is 19.1 Å². The lowest BCUT2D eigenvalue weighted by Crippen LogP contribution is -2.31. The van der Waals surface area contributed by atoms with Crippen LogP contribution in [0.25, 0.3) is 0 Å². The van der Waals surface area contributed by atoms with Gasteiger partial charge in [0.25, 0.3) is 5.91 Å². The number of anilines is 1. The second-order valence-electron chi connectivity index (χ2n) is 5.61. The van der Waals surface area contributed by atoms with Crippen LogP contribution >= 0.6 is 0 Å². The SMILES string of the molecule is Cc1ccc(N2C[C@@H](C(=O)OCC(=O)NCCC#N)CC2=O)cc1. The van der Waals surface area contributed by atoms with Gasteiger partial charge in [0.1, 0.15) is 0 Å². The van der Waals surface area contributed by atoms with Gasteiger partial charge >= 0.3 is 5.97 Å². The highest BCUT2D eigenvalue weighted by molar-refractivity contribution is 5.99. The number of nitrogens with one attached hydrogen (secondary N) is 1. The van der Waals surface area contributed by atoms with Gasteiger partial charge in [-0.15, -0.1) is 0 Å². The summed E-state index contributed by atoms with van der Waals surface area (Å²) in [5, 5.41) is 10.8. The molecule has 1 N–H and O–H groups in total. The maximum absolute atomic E-state index is 12.1. The summed E-state index contributed by atoms with van der Waals surface area (Å²) in [7, 11) is 0. The summed E-state index contributed by atoms with van der Waals surface area (Å²) >= 11 is 0. The number of nitrogens with zero attached hydrogens (tertiary/aromatic N) is 2. The molecule has 7 nitrogen and oxygen atoms in total. The van der Waals surface area contributed by atoms with Crippen LogP contribution in [0, 0.1) is 24.2 Å². The third-order valence-electron chi connectivity index (χ3n) is 3.71. The number of aryl methyl sites for hydroxylation is 1. The van der Waals surface area contributed by atoms with Gasteiger partial charge in [-0.1, -0.05) is 17.7 Å². The second-order valence-corrected chi connectivity index (χ2v) is 5.61. The van der Waals surface area contributed by atoms with Gasteiger partial charge in [-0.25, -0.2) is 0 Å². The number of hydrogen-bond acceptors (Lipinski definition) is 5. The van der Waals surface area contributed by atoms with Crippen molar-refractivity contribution in [3.8, 4) is 6.07 Å². The molecular weight excluding hydrogens is 310 g/mol. The van der Waals surface area contributed by atoms with E-state index in [-0.39, 0.29) is 31.8 Å². The number of ether oxygens (including phenoxy) is 1. The number of nitriles is 1. The molecule has 0 spiro atoms. The van der Waals surface area contributed by atoms with E-state index >= 15 is 0 Å². The first-order chi connectivity index (χ1) is 11.5.